The lowest BCUT2D eigenvalue weighted by Crippen LogP contribution is -2.34. The number of unbranched alkanes of at least 4 members (excludes halogenated alkanes) is 1. The number of amides is 2. The van der Waals surface area contributed by atoms with Gasteiger partial charge in [0.15, 0.2) is 0 Å². The number of amidine groups is 2. The van der Waals surface area contributed by atoms with Crippen LogP contribution in [0.15, 0.2) is 116 Å². The second-order valence-corrected chi connectivity index (χ2v) is 18.6. The molecule has 2 amide bonds. The topological polar surface area (TPSA) is 187 Å². The molecule has 8 rings (SSSR count). The molecule has 0 spiro atoms. The van der Waals surface area contributed by atoms with Gasteiger partial charge in [0, 0.05) is 85.2 Å². The van der Waals surface area contributed by atoms with Crippen LogP contribution in [-0.2, 0) is 22.7 Å². The zero-order valence-electron chi connectivity index (χ0n) is 41.1. The highest BCUT2D eigenvalue weighted by atomic mass is 16.2. The van der Waals surface area contributed by atoms with Gasteiger partial charge < -0.3 is 21.3 Å². The summed E-state index contributed by atoms with van der Waals surface area (Å²) in [6, 6.07) is 23.4. The number of carbonyl (C=O) groups excluding carboxylic acids is 2. The van der Waals surface area contributed by atoms with E-state index in [0.29, 0.717) is 90.7 Å². The van der Waals surface area contributed by atoms with Crippen molar-refractivity contribution >= 4 is 68.6 Å². The van der Waals surface area contributed by atoms with Crippen molar-refractivity contribution in [1.29, 1.82) is 0 Å². The van der Waals surface area contributed by atoms with E-state index in [0.717, 1.165) is 82.7 Å². The molecule has 4 aromatic carbocycles. The van der Waals surface area contributed by atoms with Gasteiger partial charge in [-0.05, 0) is 116 Å². The first kappa shape index (κ1) is 49.0. The average Bonchev–Trinajstić information content (AvgIpc) is 3.64. The monoisotopic (exact) mass is 941 g/mol. The maximum Gasteiger partial charge on any atom is 0.274 e. The Balaban J connectivity index is 0.884. The van der Waals surface area contributed by atoms with Crippen molar-refractivity contribution in [3.63, 3.8) is 0 Å². The molecule has 362 valence electrons. The molecule has 14 nitrogen and oxygen atoms in total. The first-order valence-corrected chi connectivity index (χ1v) is 24.8. The van der Waals surface area contributed by atoms with Crippen LogP contribution in [0.5, 0.6) is 0 Å². The van der Waals surface area contributed by atoms with Crippen molar-refractivity contribution in [3.8, 4) is 22.3 Å². The van der Waals surface area contributed by atoms with Crippen LogP contribution in [0.3, 0.4) is 0 Å². The SMILES string of the molecule is CCCN(CCC)C(=O)C1=Cc2ccc(-c3ccc4c(=O)n(CC(C)CCCCN(CCC)C(=O)C5=Cc6ccc(-c7ccc8c(=O)n(CC)ncc8c7)cc6N=C(N)C5)ncc4c3)cc2N=C(N)C1. The number of aryl methyl sites for hydroxylation is 1. The van der Waals surface area contributed by atoms with E-state index < -0.39 is 0 Å². The van der Waals surface area contributed by atoms with Gasteiger partial charge in [0.05, 0.1) is 34.5 Å². The van der Waals surface area contributed by atoms with Crippen LogP contribution in [0.25, 0.3) is 56.0 Å². The number of hydrogen-bond donors (Lipinski definition) is 2. The van der Waals surface area contributed by atoms with E-state index in [2.05, 4.69) is 37.9 Å². The average molecular weight is 941 g/mol. The number of benzene rings is 4. The van der Waals surface area contributed by atoms with Gasteiger partial charge in [0.25, 0.3) is 11.1 Å². The van der Waals surface area contributed by atoms with E-state index in [9.17, 15) is 19.2 Å². The van der Waals surface area contributed by atoms with Gasteiger partial charge in [-0.15, -0.1) is 0 Å². The van der Waals surface area contributed by atoms with Crippen molar-refractivity contribution < 1.29 is 9.59 Å². The summed E-state index contributed by atoms with van der Waals surface area (Å²) in [7, 11) is 0. The Bertz CT molecular complexity index is 3210. The smallest absolute Gasteiger partial charge is 0.274 e. The van der Waals surface area contributed by atoms with E-state index in [1.165, 1.54) is 4.68 Å². The van der Waals surface area contributed by atoms with Crippen molar-refractivity contribution in [3.05, 3.63) is 128 Å². The lowest BCUT2D eigenvalue weighted by molar-refractivity contribution is -0.128. The minimum Gasteiger partial charge on any atom is -0.387 e. The van der Waals surface area contributed by atoms with Crippen molar-refractivity contribution in [1.82, 2.24) is 29.4 Å². The highest BCUT2D eigenvalue weighted by Gasteiger charge is 2.24. The summed E-state index contributed by atoms with van der Waals surface area (Å²) in [5.41, 5.74) is 20.5. The Kier molecular flexibility index (Phi) is 15.3. The molecule has 1 unspecified atom stereocenters. The fraction of sp³-hybridized carbons (Fsp3) is 0.357. The predicted molar refractivity (Wildman–Crippen MR) is 283 cm³/mol. The molecule has 4 N–H and O–H groups in total. The minimum atomic E-state index is -0.135. The number of aliphatic imine (C=N–C) groups is 2. The lowest BCUT2D eigenvalue weighted by atomic mass is 9.99. The predicted octanol–water partition coefficient (Wildman–Crippen LogP) is 9.41. The molecule has 14 heteroatoms. The van der Waals surface area contributed by atoms with Gasteiger partial charge in [-0.3, -0.25) is 19.2 Å². The molecule has 0 radical (unpaired) electrons. The number of aromatic nitrogens is 4. The summed E-state index contributed by atoms with van der Waals surface area (Å²) < 4.78 is 3.01. The summed E-state index contributed by atoms with van der Waals surface area (Å²) in [5.74, 6) is 0.910. The lowest BCUT2D eigenvalue weighted by Gasteiger charge is -2.24. The zero-order chi connectivity index (χ0) is 49.5. The maximum absolute atomic E-state index is 14.1. The van der Waals surface area contributed by atoms with Gasteiger partial charge in [-0.25, -0.2) is 19.3 Å². The summed E-state index contributed by atoms with van der Waals surface area (Å²) >= 11 is 0. The molecular formula is C56H64N10O4. The number of fused-ring (bicyclic) bond motifs is 4. The Hall–Kier alpha value is -7.48. The fourth-order valence-corrected chi connectivity index (χ4v) is 9.53. The van der Waals surface area contributed by atoms with Gasteiger partial charge in [0.2, 0.25) is 11.8 Å². The second kappa shape index (κ2) is 21.9. The summed E-state index contributed by atoms with van der Waals surface area (Å²) in [6.45, 7) is 13.9. The van der Waals surface area contributed by atoms with Crippen molar-refractivity contribution in [2.24, 2.45) is 27.4 Å². The van der Waals surface area contributed by atoms with E-state index in [1.54, 1.807) is 17.1 Å². The fourth-order valence-electron chi connectivity index (χ4n) is 9.53. The molecular weight excluding hydrogens is 877 g/mol. The third-order valence-corrected chi connectivity index (χ3v) is 13.1. The number of carbonyl (C=O) groups is 2. The molecule has 6 aromatic rings. The molecule has 70 heavy (non-hydrogen) atoms. The third-order valence-electron chi connectivity index (χ3n) is 13.1. The number of hydrogen-bond acceptors (Lipinski definition) is 10. The third kappa shape index (κ3) is 10.9. The molecule has 0 bridgehead atoms. The highest BCUT2D eigenvalue weighted by molar-refractivity contribution is 6.07. The Labute approximate surface area is 409 Å². The first-order valence-electron chi connectivity index (χ1n) is 24.8. The first-order chi connectivity index (χ1) is 33.9. The molecule has 1 atom stereocenters. The molecule has 2 aliphatic heterocycles. The van der Waals surface area contributed by atoms with Gasteiger partial charge in [0.1, 0.15) is 11.7 Å². The summed E-state index contributed by atoms with van der Waals surface area (Å²) in [5, 5.41) is 11.6. The number of nitrogens with zero attached hydrogens (tertiary/aromatic N) is 8. The van der Waals surface area contributed by atoms with Crippen molar-refractivity contribution in [2.75, 3.05) is 26.2 Å². The van der Waals surface area contributed by atoms with Crippen LogP contribution in [-0.4, -0.2) is 79.0 Å². The Morgan fingerprint density at radius 3 is 1.53 bits per heavy atom. The van der Waals surface area contributed by atoms with Crippen LogP contribution < -0.4 is 22.6 Å². The Morgan fingerprint density at radius 2 is 1.04 bits per heavy atom. The normalized spacial score (nSPS) is 13.8. The summed E-state index contributed by atoms with van der Waals surface area (Å²) in [4.78, 5) is 67.3. The quantitative estimate of drug-likeness (QED) is 0.0798. The molecule has 4 heterocycles. The van der Waals surface area contributed by atoms with E-state index in [-0.39, 0.29) is 35.3 Å². The minimum absolute atomic E-state index is 0.00269. The maximum atomic E-state index is 14.1. The zero-order valence-corrected chi connectivity index (χ0v) is 41.1. The molecule has 0 saturated carbocycles. The van der Waals surface area contributed by atoms with Gasteiger partial charge in [-0.1, -0.05) is 70.5 Å². The molecule has 0 saturated heterocycles. The van der Waals surface area contributed by atoms with Crippen LogP contribution >= 0.6 is 0 Å². The van der Waals surface area contributed by atoms with Crippen LogP contribution in [0.2, 0.25) is 0 Å². The Morgan fingerprint density at radius 1 is 0.600 bits per heavy atom. The summed E-state index contributed by atoms with van der Waals surface area (Å²) in [6.07, 6.45) is 13.0. The van der Waals surface area contributed by atoms with E-state index in [4.69, 9.17) is 21.5 Å². The number of nitrogens with two attached hydrogens (primary N) is 2. The molecule has 0 fully saturated rings. The van der Waals surface area contributed by atoms with Gasteiger partial charge in [-0.2, -0.15) is 10.2 Å². The van der Waals surface area contributed by atoms with Crippen LogP contribution in [0.4, 0.5) is 11.4 Å². The largest absolute Gasteiger partial charge is 0.387 e. The second-order valence-electron chi connectivity index (χ2n) is 18.6. The van der Waals surface area contributed by atoms with Gasteiger partial charge >= 0.3 is 0 Å². The van der Waals surface area contributed by atoms with E-state index >= 15 is 0 Å². The van der Waals surface area contributed by atoms with E-state index in [1.807, 2.05) is 102 Å². The molecule has 2 aliphatic rings. The number of rotatable bonds is 18. The highest BCUT2D eigenvalue weighted by Crippen LogP contribution is 2.35. The van der Waals surface area contributed by atoms with Crippen LogP contribution in [0.1, 0.15) is 97.1 Å². The molecule has 2 aromatic heterocycles. The van der Waals surface area contributed by atoms with Crippen molar-refractivity contribution in [2.45, 2.75) is 99.1 Å². The van der Waals surface area contributed by atoms with Crippen LogP contribution in [0, 0.1) is 5.92 Å². The standard InChI is InChI=1S/C56H64N10O4/c1-6-21-63(22-7-2)53(67)43-27-41-15-13-40(30-49(41)61-51(57)31-43)38-18-20-48-46(26-38)34-60-66(56(48)70)35-36(5)12-10-11-24-64(23-8-3)54(68)44-28-42-16-14-39(29-50(42)62-52(58)32-44)37-17-19-47-45(25-37)33-59-65(9-4)55(47)69/h13-20,25-30,33-34,36H,6-12,21-24,31-32,35H2,1-5H3,(H2,57,61)(H2,58,62). The molecule has 0 aliphatic carbocycles.